The van der Waals surface area contributed by atoms with Crippen molar-refractivity contribution in [3.05, 3.63) is 22.4 Å². The van der Waals surface area contributed by atoms with E-state index in [1.807, 2.05) is 24.4 Å². The maximum Gasteiger partial charge on any atom is 0.346 e. The van der Waals surface area contributed by atoms with Crippen molar-refractivity contribution in [2.45, 2.75) is 25.8 Å². The topological polar surface area (TPSA) is 61.8 Å². The molecule has 6 heteroatoms. The third-order valence-electron chi connectivity index (χ3n) is 2.79. The maximum absolute atomic E-state index is 12.0. The zero-order chi connectivity index (χ0) is 12.5. The first-order valence-electron chi connectivity index (χ1n) is 5.31. The van der Waals surface area contributed by atoms with Gasteiger partial charge in [0.1, 0.15) is 5.54 Å². The van der Waals surface area contributed by atoms with E-state index in [9.17, 15) is 9.59 Å². The van der Waals surface area contributed by atoms with Crippen LogP contribution >= 0.6 is 11.3 Å². The number of carbonyl (C=O) groups is 2. The summed E-state index contributed by atoms with van der Waals surface area (Å²) in [6, 6.07) is 3.28. The smallest absolute Gasteiger partial charge is 0.322 e. The Morgan fingerprint density at radius 3 is 2.88 bits per heavy atom. The molecule has 1 aromatic rings. The van der Waals surface area contributed by atoms with E-state index >= 15 is 0 Å². The second-order valence-corrected chi connectivity index (χ2v) is 4.97. The number of hydrazone groups is 1. The molecule has 1 aliphatic rings. The first-order valence-corrected chi connectivity index (χ1v) is 6.19. The summed E-state index contributed by atoms with van der Waals surface area (Å²) >= 11 is 1.50. The van der Waals surface area contributed by atoms with Crippen molar-refractivity contribution in [3.8, 4) is 0 Å². The third-order valence-corrected chi connectivity index (χ3v) is 3.60. The number of hydrogen-bond donors (Lipinski definition) is 1. The Bertz CT molecular complexity index is 469. The Morgan fingerprint density at radius 1 is 1.59 bits per heavy atom. The van der Waals surface area contributed by atoms with Gasteiger partial charge in [0.05, 0.1) is 6.21 Å². The molecule has 0 bridgehead atoms. The van der Waals surface area contributed by atoms with Gasteiger partial charge >= 0.3 is 6.03 Å². The quantitative estimate of drug-likeness (QED) is 0.657. The van der Waals surface area contributed by atoms with Gasteiger partial charge in [0.15, 0.2) is 0 Å². The first-order chi connectivity index (χ1) is 8.07. The monoisotopic (exact) mass is 251 g/mol. The molecule has 1 N–H and O–H groups in total. The van der Waals surface area contributed by atoms with Gasteiger partial charge < -0.3 is 5.32 Å². The minimum absolute atomic E-state index is 0.308. The Balaban J connectivity index is 2.17. The molecule has 17 heavy (non-hydrogen) atoms. The number of carbonyl (C=O) groups excluding carboxylic acids is 2. The molecule has 90 valence electrons. The molecule has 5 nitrogen and oxygen atoms in total. The molecule has 3 amide bonds. The van der Waals surface area contributed by atoms with Crippen LogP contribution in [0.15, 0.2) is 22.6 Å². The minimum atomic E-state index is -0.829. The minimum Gasteiger partial charge on any atom is -0.322 e. The van der Waals surface area contributed by atoms with Gasteiger partial charge in [0, 0.05) is 4.88 Å². The van der Waals surface area contributed by atoms with Gasteiger partial charge in [-0.25, -0.2) is 4.79 Å². The van der Waals surface area contributed by atoms with Crippen molar-refractivity contribution in [3.63, 3.8) is 0 Å². The fraction of sp³-hybridized carbons (Fsp3) is 0.364. The fourth-order valence-corrected chi connectivity index (χ4v) is 2.07. The maximum atomic E-state index is 12.0. The lowest BCUT2D eigenvalue weighted by Crippen LogP contribution is -2.42. The summed E-state index contributed by atoms with van der Waals surface area (Å²) in [6.45, 7) is 3.55. The molecule has 1 atom stereocenters. The van der Waals surface area contributed by atoms with Gasteiger partial charge in [0.2, 0.25) is 0 Å². The summed E-state index contributed by atoms with van der Waals surface area (Å²) in [5.74, 6) is -0.308. The summed E-state index contributed by atoms with van der Waals surface area (Å²) < 4.78 is 0. The number of imide groups is 1. The third kappa shape index (κ3) is 2.08. The molecule has 0 aliphatic carbocycles. The van der Waals surface area contributed by atoms with E-state index in [1.165, 1.54) is 17.6 Å². The molecule has 1 fully saturated rings. The zero-order valence-electron chi connectivity index (χ0n) is 9.64. The van der Waals surface area contributed by atoms with Crippen molar-refractivity contribution in [1.29, 1.82) is 0 Å². The molecule has 0 aromatic carbocycles. The number of rotatable bonds is 3. The van der Waals surface area contributed by atoms with Gasteiger partial charge in [-0.1, -0.05) is 13.0 Å². The Kier molecular flexibility index (Phi) is 2.97. The number of hydrogen-bond acceptors (Lipinski definition) is 4. The second kappa shape index (κ2) is 4.29. The van der Waals surface area contributed by atoms with E-state index in [4.69, 9.17) is 0 Å². The largest absolute Gasteiger partial charge is 0.346 e. The van der Waals surface area contributed by atoms with E-state index in [-0.39, 0.29) is 5.91 Å². The summed E-state index contributed by atoms with van der Waals surface area (Å²) in [4.78, 5) is 24.5. The molecule has 0 radical (unpaired) electrons. The van der Waals surface area contributed by atoms with Gasteiger partial charge in [0.25, 0.3) is 5.91 Å². The van der Waals surface area contributed by atoms with Crippen molar-refractivity contribution >= 4 is 29.5 Å². The van der Waals surface area contributed by atoms with Crippen molar-refractivity contribution in [2.24, 2.45) is 5.10 Å². The van der Waals surface area contributed by atoms with E-state index in [1.54, 1.807) is 6.92 Å². The Morgan fingerprint density at radius 2 is 2.35 bits per heavy atom. The van der Waals surface area contributed by atoms with Crippen LogP contribution in [0.25, 0.3) is 0 Å². The standard InChI is InChI=1S/C11H13N3O2S/c1-3-11(2)9(15)14(10(16)13-11)12-7-8-5-4-6-17-8/h4-7H,3H2,1-2H3,(H,13,16)/b12-7-/t11-/m1/s1. The van der Waals surface area contributed by atoms with Crippen LogP contribution in [0.2, 0.25) is 0 Å². The summed E-state index contributed by atoms with van der Waals surface area (Å²) in [7, 11) is 0. The molecule has 0 spiro atoms. The lowest BCUT2D eigenvalue weighted by atomic mass is 10.00. The molecule has 1 saturated heterocycles. The molecule has 2 heterocycles. The van der Waals surface area contributed by atoms with Crippen LogP contribution in [-0.2, 0) is 4.79 Å². The van der Waals surface area contributed by atoms with Crippen molar-refractivity contribution in [2.75, 3.05) is 0 Å². The van der Waals surface area contributed by atoms with Crippen molar-refractivity contribution in [1.82, 2.24) is 10.3 Å². The second-order valence-electron chi connectivity index (χ2n) is 3.99. The van der Waals surface area contributed by atoms with Crippen LogP contribution in [0.1, 0.15) is 25.1 Å². The molecule has 1 aliphatic heterocycles. The Hall–Kier alpha value is -1.69. The fourth-order valence-electron chi connectivity index (χ4n) is 1.49. The van der Waals surface area contributed by atoms with Crippen LogP contribution in [-0.4, -0.2) is 28.7 Å². The molecular weight excluding hydrogens is 238 g/mol. The predicted octanol–water partition coefficient (Wildman–Crippen LogP) is 1.80. The molecule has 0 unspecified atom stereocenters. The lowest BCUT2D eigenvalue weighted by molar-refractivity contribution is -0.130. The van der Waals surface area contributed by atoms with E-state index < -0.39 is 11.6 Å². The average Bonchev–Trinajstić information content (AvgIpc) is 2.87. The highest BCUT2D eigenvalue weighted by Gasteiger charge is 2.46. The molecule has 0 saturated carbocycles. The zero-order valence-corrected chi connectivity index (χ0v) is 10.5. The summed E-state index contributed by atoms with van der Waals surface area (Å²) in [6.07, 6.45) is 2.06. The normalized spacial score (nSPS) is 24.7. The van der Waals surface area contributed by atoms with Crippen LogP contribution < -0.4 is 5.32 Å². The lowest BCUT2D eigenvalue weighted by Gasteiger charge is -2.17. The van der Waals surface area contributed by atoms with Gasteiger partial charge in [-0.05, 0) is 24.8 Å². The van der Waals surface area contributed by atoms with Crippen LogP contribution in [0, 0.1) is 0 Å². The molecule has 1 aromatic heterocycles. The average molecular weight is 251 g/mol. The number of amides is 3. The van der Waals surface area contributed by atoms with E-state index in [0.29, 0.717) is 6.42 Å². The number of nitrogens with zero attached hydrogens (tertiary/aromatic N) is 2. The van der Waals surface area contributed by atoms with Gasteiger partial charge in [-0.3, -0.25) is 4.79 Å². The highest BCUT2D eigenvalue weighted by Crippen LogP contribution is 2.21. The van der Waals surface area contributed by atoms with E-state index in [2.05, 4.69) is 10.4 Å². The predicted molar refractivity (Wildman–Crippen MR) is 66.0 cm³/mol. The van der Waals surface area contributed by atoms with Crippen molar-refractivity contribution < 1.29 is 9.59 Å². The SMILES string of the molecule is CC[C@@]1(C)NC(=O)N(/N=C\c2cccs2)C1=O. The Labute approximate surface area is 103 Å². The summed E-state index contributed by atoms with van der Waals surface area (Å²) in [5, 5.41) is 9.36. The highest BCUT2D eigenvalue weighted by atomic mass is 32.1. The number of thiophene rings is 1. The van der Waals surface area contributed by atoms with Crippen LogP contribution in [0.4, 0.5) is 4.79 Å². The van der Waals surface area contributed by atoms with Crippen LogP contribution in [0.3, 0.4) is 0 Å². The first kappa shape index (κ1) is 11.8. The molecule has 2 rings (SSSR count). The van der Waals surface area contributed by atoms with E-state index in [0.717, 1.165) is 9.89 Å². The number of nitrogens with one attached hydrogen (secondary N) is 1. The van der Waals surface area contributed by atoms with Gasteiger partial charge in [-0.2, -0.15) is 5.10 Å². The van der Waals surface area contributed by atoms with Gasteiger partial charge in [-0.15, -0.1) is 16.3 Å². The van der Waals surface area contributed by atoms with Crippen LogP contribution in [0.5, 0.6) is 0 Å². The highest BCUT2D eigenvalue weighted by molar-refractivity contribution is 7.11. The molecular formula is C11H13N3O2S. The summed E-state index contributed by atoms with van der Waals surface area (Å²) in [5.41, 5.74) is -0.829. The number of urea groups is 1.